The van der Waals surface area contributed by atoms with Gasteiger partial charge in [-0.25, -0.2) is 0 Å². The van der Waals surface area contributed by atoms with Crippen molar-refractivity contribution in [3.8, 4) is 0 Å². The molecule has 1 aromatic rings. The minimum atomic E-state index is -1.51. The molecule has 0 aromatic heterocycles. The minimum absolute atomic E-state index is 0.480. The maximum Gasteiger partial charge on any atom is 0.338 e. The molecule has 1 aliphatic heterocycles. The minimum Gasteiger partial charge on any atom is -0.326 e. The molecule has 1 aliphatic carbocycles. The number of benzene rings is 1. The second-order valence-electron chi connectivity index (χ2n) is 7.68. The molecule has 1 saturated carbocycles. The number of likely N-dealkylation sites (N-methyl/N-ethyl adjacent to an activating group) is 2. The standard InChI is InChI=1S/C19H29BN2Si/c1-21-13-14-22(2)20(21)15-17-9-8-10-18(17)16-23(3,4)19-11-6-5-7-12-19/h5-7,11-12,15-16H,8-10,13-14H2,1-4H3. The van der Waals surface area contributed by atoms with Gasteiger partial charge >= 0.3 is 6.98 Å². The van der Waals surface area contributed by atoms with Crippen LogP contribution in [0, 0.1) is 0 Å². The molecule has 1 aromatic carbocycles. The first-order valence-corrected chi connectivity index (χ1v) is 11.9. The molecule has 2 nitrogen and oxygen atoms in total. The van der Waals surface area contributed by atoms with Gasteiger partial charge in [-0.1, -0.05) is 71.4 Å². The van der Waals surface area contributed by atoms with E-state index in [1.54, 1.807) is 11.1 Å². The maximum atomic E-state index is 2.65. The van der Waals surface area contributed by atoms with E-state index in [4.69, 9.17) is 0 Å². The Morgan fingerprint density at radius 3 is 2.22 bits per heavy atom. The molecule has 0 bridgehead atoms. The Labute approximate surface area is 143 Å². The van der Waals surface area contributed by atoms with Gasteiger partial charge < -0.3 is 9.62 Å². The average molecular weight is 324 g/mol. The second-order valence-corrected chi connectivity index (χ2v) is 12.0. The van der Waals surface area contributed by atoms with E-state index < -0.39 is 8.07 Å². The van der Waals surface area contributed by atoms with Crippen LogP contribution in [0.3, 0.4) is 0 Å². The molecule has 122 valence electrons. The number of hydrogen-bond donors (Lipinski definition) is 0. The molecule has 0 unspecified atom stereocenters. The number of rotatable bonds is 3. The van der Waals surface area contributed by atoms with Crippen LogP contribution in [-0.2, 0) is 0 Å². The fourth-order valence-corrected chi connectivity index (χ4v) is 6.30. The molecule has 2 fully saturated rings. The lowest BCUT2D eigenvalue weighted by Crippen LogP contribution is -2.40. The third-order valence-electron chi connectivity index (χ3n) is 5.42. The van der Waals surface area contributed by atoms with Crippen molar-refractivity contribution in [2.75, 3.05) is 27.2 Å². The Morgan fingerprint density at radius 1 is 0.957 bits per heavy atom. The van der Waals surface area contributed by atoms with Gasteiger partial charge in [0.05, 0.1) is 0 Å². The van der Waals surface area contributed by atoms with Crippen molar-refractivity contribution >= 4 is 20.2 Å². The molecule has 0 atom stereocenters. The molecule has 0 amide bonds. The van der Waals surface area contributed by atoms with Gasteiger partial charge in [0, 0.05) is 13.1 Å². The van der Waals surface area contributed by atoms with Crippen molar-refractivity contribution in [1.29, 1.82) is 0 Å². The third kappa shape index (κ3) is 3.70. The third-order valence-corrected chi connectivity index (χ3v) is 8.31. The molecule has 0 radical (unpaired) electrons. The van der Waals surface area contributed by atoms with Crippen molar-refractivity contribution in [2.45, 2.75) is 32.4 Å². The van der Waals surface area contributed by atoms with Gasteiger partial charge in [-0.15, -0.1) is 0 Å². The Balaban J connectivity index is 1.86. The summed E-state index contributed by atoms with van der Waals surface area (Å²) in [6.45, 7) is 7.77. The summed E-state index contributed by atoms with van der Waals surface area (Å²) in [7, 11) is 2.98. The lowest BCUT2D eigenvalue weighted by Gasteiger charge is -2.21. The summed E-state index contributed by atoms with van der Waals surface area (Å²) in [6.07, 6.45) is 3.83. The van der Waals surface area contributed by atoms with Gasteiger partial charge in [0.25, 0.3) is 0 Å². The van der Waals surface area contributed by atoms with E-state index in [0.29, 0.717) is 6.98 Å². The smallest absolute Gasteiger partial charge is 0.326 e. The molecule has 1 heterocycles. The first-order valence-electron chi connectivity index (χ1n) is 8.86. The molecule has 3 rings (SSSR count). The zero-order valence-corrected chi connectivity index (χ0v) is 16.0. The zero-order valence-electron chi connectivity index (χ0n) is 15.0. The monoisotopic (exact) mass is 324 g/mol. The quantitative estimate of drug-likeness (QED) is 0.789. The van der Waals surface area contributed by atoms with Gasteiger partial charge in [-0.3, -0.25) is 0 Å². The summed E-state index contributed by atoms with van der Waals surface area (Å²) >= 11 is 0. The van der Waals surface area contributed by atoms with Crippen molar-refractivity contribution in [1.82, 2.24) is 9.62 Å². The fourth-order valence-electron chi connectivity index (χ4n) is 3.88. The molecule has 0 spiro atoms. The maximum absolute atomic E-state index is 2.65. The van der Waals surface area contributed by atoms with Crippen molar-refractivity contribution in [2.24, 2.45) is 0 Å². The SMILES string of the molecule is CN1CCN(C)B1C=C1CCCC1=C[Si](C)(C)c1ccccc1. The van der Waals surface area contributed by atoms with Crippen molar-refractivity contribution in [3.63, 3.8) is 0 Å². The molecule has 0 N–H and O–H groups in total. The number of hydrogen-bond acceptors (Lipinski definition) is 2. The normalized spacial score (nSPS) is 24.3. The topological polar surface area (TPSA) is 6.48 Å². The van der Waals surface area contributed by atoms with E-state index in [0.717, 1.165) is 0 Å². The van der Waals surface area contributed by atoms with Crippen molar-refractivity contribution in [3.05, 3.63) is 53.2 Å². The highest BCUT2D eigenvalue weighted by molar-refractivity contribution is 6.94. The molecule has 4 heteroatoms. The Kier molecular flexibility index (Phi) is 4.95. The Bertz CT molecular complexity index is 599. The summed E-state index contributed by atoms with van der Waals surface area (Å²) in [5.41, 5.74) is 5.88. The highest BCUT2D eigenvalue weighted by Gasteiger charge is 2.31. The molecule has 2 aliphatic rings. The lowest BCUT2D eigenvalue weighted by atomic mass is 9.72. The van der Waals surface area contributed by atoms with Crippen LogP contribution in [0.2, 0.25) is 13.1 Å². The van der Waals surface area contributed by atoms with Crippen LogP contribution < -0.4 is 5.19 Å². The van der Waals surface area contributed by atoms with Gasteiger partial charge in [0.15, 0.2) is 0 Å². The van der Waals surface area contributed by atoms with E-state index in [1.165, 1.54) is 37.5 Å². The van der Waals surface area contributed by atoms with E-state index in [2.05, 4.69) is 78.8 Å². The van der Waals surface area contributed by atoms with Gasteiger partial charge in [0.1, 0.15) is 8.07 Å². The van der Waals surface area contributed by atoms with Crippen LogP contribution in [0.25, 0.3) is 0 Å². The average Bonchev–Trinajstić information content (AvgIpc) is 3.09. The van der Waals surface area contributed by atoms with Crippen LogP contribution in [0.4, 0.5) is 0 Å². The first-order chi connectivity index (χ1) is 11.0. The molecule has 1 saturated heterocycles. The van der Waals surface area contributed by atoms with Gasteiger partial charge in [-0.2, -0.15) is 0 Å². The number of nitrogens with zero attached hydrogens (tertiary/aromatic N) is 2. The van der Waals surface area contributed by atoms with Crippen LogP contribution >= 0.6 is 0 Å². The van der Waals surface area contributed by atoms with E-state index in [1.807, 2.05) is 0 Å². The predicted octanol–water partition coefficient (Wildman–Crippen LogP) is 3.08. The fraction of sp³-hybridized carbons (Fsp3) is 0.474. The Morgan fingerprint density at radius 2 is 1.57 bits per heavy atom. The zero-order chi connectivity index (χ0) is 16.4. The molecule has 23 heavy (non-hydrogen) atoms. The van der Waals surface area contributed by atoms with E-state index >= 15 is 0 Å². The highest BCUT2D eigenvalue weighted by atomic mass is 28.3. The van der Waals surface area contributed by atoms with E-state index in [9.17, 15) is 0 Å². The summed E-state index contributed by atoms with van der Waals surface area (Å²) in [6, 6.07) is 11.1. The summed E-state index contributed by atoms with van der Waals surface area (Å²) < 4.78 is 0. The van der Waals surface area contributed by atoms with Crippen LogP contribution in [-0.4, -0.2) is 51.9 Å². The van der Waals surface area contributed by atoms with Crippen LogP contribution in [0.5, 0.6) is 0 Å². The van der Waals surface area contributed by atoms with Crippen LogP contribution in [0.1, 0.15) is 19.3 Å². The second kappa shape index (κ2) is 6.80. The summed E-state index contributed by atoms with van der Waals surface area (Å²) in [5.74, 6) is 2.53. The van der Waals surface area contributed by atoms with Gasteiger partial charge in [0.2, 0.25) is 0 Å². The summed E-state index contributed by atoms with van der Waals surface area (Å²) in [5, 5.41) is 1.54. The predicted molar refractivity (Wildman–Crippen MR) is 105 cm³/mol. The van der Waals surface area contributed by atoms with E-state index in [-0.39, 0.29) is 0 Å². The Hall–Kier alpha value is -1.10. The molecular formula is C19H29BN2Si. The lowest BCUT2D eigenvalue weighted by molar-refractivity contribution is 0.553. The molecular weight excluding hydrogens is 295 g/mol. The highest BCUT2D eigenvalue weighted by Crippen LogP contribution is 2.32. The summed E-state index contributed by atoms with van der Waals surface area (Å²) in [4.78, 5) is 4.92. The van der Waals surface area contributed by atoms with Crippen molar-refractivity contribution < 1.29 is 0 Å². The number of allylic oxidation sites excluding steroid dienone is 2. The van der Waals surface area contributed by atoms with Gasteiger partial charge in [-0.05, 0) is 33.4 Å². The first kappa shape index (κ1) is 16.7. The largest absolute Gasteiger partial charge is 0.338 e. The van der Waals surface area contributed by atoms with Crippen LogP contribution in [0.15, 0.2) is 53.2 Å².